The Bertz CT molecular complexity index is 423. The minimum Gasteiger partial charge on any atom is -0.493 e. The predicted molar refractivity (Wildman–Crippen MR) is 70.3 cm³/mol. The third-order valence-electron chi connectivity index (χ3n) is 2.49. The van der Waals surface area contributed by atoms with Crippen molar-refractivity contribution >= 4 is 5.97 Å². The lowest BCUT2D eigenvalue weighted by atomic mass is 10.3. The number of hydrogen-bond acceptors (Lipinski definition) is 6. The second kappa shape index (κ2) is 7.58. The highest BCUT2D eigenvalue weighted by molar-refractivity contribution is 5.71. The summed E-state index contributed by atoms with van der Waals surface area (Å²) >= 11 is 0. The van der Waals surface area contributed by atoms with E-state index in [0.29, 0.717) is 30.3 Å². The Labute approximate surface area is 113 Å². The molecule has 0 atom stereocenters. The van der Waals surface area contributed by atoms with E-state index in [1.54, 1.807) is 33.4 Å². The van der Waals surface area contributed by atoms with Crippen molar-refractivity contribution in [3.05, 3.63) is 18.0 Å². The Balaban J connectivity index is 2.73. The van der Waals surface area contributed by atoms with Gasteiger partial charge in [0.15, 0.2) is 11.5 Å². The second-order valence-corrected chi connectivity index (χ2v) is 3.97. The van der Waals surface area contributed by atoms with Crippen LogP contribution in [0.5, 0.6) is 11.5 Å². The molecule has 0 bridgehead atoms. The number of pyridine rings is 1. The van der Waals surface area contributed by atoms with Crippen molar-refractivity contribution in [2.45, 2.75) is 13.5 Å². The number of carbonyl (C=O) groups excluding carboxylic acids is 1. The zero-order chi connectivity index (χ0) is 14.3. The maximum Gasteiger partial charge on any atom is 0.320 e. The first-order valence-corrected chi connectivity index (χ1v) is 6.02. The molecule has 0 spiro atoms. The topological polar surface area (TPSA) is 60.9 Å². The highest BCUT2D eigenvalue weighted by atomic mass is 16.5. The van der Waals surface area contributed by atoms with Gasteiger partial charge in [0.2, 0.25) is 0 Å². The number of hydrogen-bond donors (Lipinski definition) is 0. The molecule has 1 aromatic heterocycles. The van der Waals surface area contributed by atoms with Crippen LogP contribution >= 0.6 is 0 Å². The average Bonchev–Trinajstić information content (AvgIpc) is 2.38. The Morgan fingerprint density at radius 3 is 2.68 bits per heavy atom. The van der Waals surface area contributed by atoms with Crippen molar-refractivity contribution in [3.63, 3.8) is 0 Å². The van der Waals surface area contributed by atoms with Gasteiger partial charge in [-0.05, 0) is 14.0 Å². The molecule has 1 rings (SSSR count). The smallest absolute Gasteiger partial charge is 0.320 e. The van der Waals surface area contributed by atoms with Gasteiger partial charge in [-0.1, -0.05) is 0 Å². The summed E-state index contributed by atoms with van der Waals surface area (Å²) in [6.07, 6.45) is 1.65. The summed E-state index contributed by atoms with van der Waals surface area (Å²) in [5.74, 6) is 0.949. The molecule has 0 saturated heterocycles. The van der Waals surface area contributed by atoms with Gasteiger partial charge in [0, 0.05) is 18.8 Å². The number of rotatable bonds is 7. The van der Waals surface area contributed by atoms with Crippen LogP contribution in [0.2, 0.25) is 0 Å². The SMILES string of the molecule is CCOC(=O)CN(C)Cc1nccc(OC)c1OC. The minimum atomic E-state index is -0.258. The summed E-state index contributed by atoms with van der Waals surface area (Å²) in [4.78, 5) is 17.4. The number of ether oxygens (including phenoxy) is 3. The number of carbonyl (C=O) groups is 1. The first kappa shape index (κ1) is 15.2. The summed E-state index contributed by atoms with van der Waals surface area (Å²) < 4.78 is 15.4. The molecule has 0 radical (unpaired) electrons. The van der Waals surface area contributed by atoms with E-state index >= 15 is 0 Å². The molecule has 106 valence electrons. The van der Waals surface area contributed by atoms with Crippen molar-refractivity contribution in [2.24, 2.45) is 0 Å². The lowest BCUT2D eigenvalue weighted by Gasteiger charge is -2.17. The van der Waals surface area contributed by atoms with E-state index in [1.807, 2.05) is 11.9 Å². The molecule has 0 aliphatic carbocycles. The molecule has 0 fully saturated rings. The molecule has 0 aliphatic rings. The Morgan fingerprint density at radius 2 is 2.11 bits per heavy atom. The fraction of sp³-hybridized carbons (Fsp3) is 0.538. The van der Waals surface area contributed by atoms with Crippen LogP contribution in [0, 0.1) is 0 Å². The second-order valence-electron chi connectivity index (χ2n) is 3.97. The zero-order valence-corrected chi connectivity index (χ0v) is 11.8. The lowest BCUT2D eigenvalue weighted by molar-refractivity contribution is -0.144. The van der Waals surface area contributed by atoms with Crippen molar-refractivity contribution in [3.8, 4) is 11.5 Å². The van der Waals surface area contributed by atoms with Gasteiger partial charge in [-0.3, -0.25) is 14.7 Å². The van der Waals surface area contributed by atoms with Crippen molar-refractivity contribution in [1.82, 2.24) is 9.88 Å². The van der Waals surface area contributed by atoms with Crippen LogP contribution in [0.1, 0.15) is 12.6 Å². The molecule has 0 aromatic carbocycles. The van der Waals surface area contributed by atoms with Crippen molar-refractivity contribution in [2.75, 3.05) is 34.4 Å². The third-order valence-corrected chi connectivity index (χ3v) is 2.49. The van der Waals surface area contributed by atoms with E-state index in [0.717, 1.165) is 0 Å². The number of nitrogens with zero attached hydrogens (tertiary/aromatic N) is 2. The molecule has 6 heteroatoms. The summed E-state index contributed by atoms with van der Waals surface area (Å²) in [6.45, 7) is 2.84. The van der Waals surface area contributed by atoms with Crippen LogP contribution < -0.4 is 9.47 Å². The van der Waals surface area contributed by atoms with Gasteiger partial charge in [0.05, 0.1) is 27.4 Å². The molecule has 1 aromatic rings. The molecular formula is C13H20N2O4. The molecule has 6 nitrogen and oxygen atoms in total. The number of esters is 1. The minimum absolute atomic E-state index is 0.204. The fourth-order valence-corrected chi connectivity index (χ4v) is 1.70. The zero-order valence-electron chi connectivity index (χ0n) is 11.8. The van der Waals surface area contributed by atoms with Gasteiger partial charge in [0.25, 0.3) is 0 Å². The fourth-order valence-electron chi connectivity index (χ4n) is 1.70. The van der Waals surface area contributed by atoms with Crippen molar-refractivity contribution < 1.29 is 19.0 Å². The van der Waals surface area contributed by atoms with E-state index in [2.05, 4.69) is 4.98 Å². The molecule has 0 aliphatic heterocycles. The van der Waals surface area contributed by atoms with Crippen LogP contribution in [-0.2, 0) is 16.1 Å². The average molecular weight is 268 g/mol. The highest BCUT2D eigenvalue weighted by Crippen LogP contribution is 2.29. The van der Waals surface area contributed by atoms with Gasteiger partial charge in [-0.15, -0.1) is 0 Å². The molecular weight excluding hydrogens is 248 g/mol. The van der Waals surface area contributed by atoms with Crippen molar-refractivity contribution in [1.29, 1.82) is 0 Å². The van der Waals surface area contributed by atoms with Gasteiger partial charge in [0.1, 0.15) is 5.69 Å². The maximum absolute atomic E-state index is 11.4. The Kier molecular flexibility index (Phi) is 6.08. The third kappa shape index (κ3) is 4.40. The van der Waals surface area contributed by atoms with Gasteiger partial charge < -0.3 is 14.2 Å². The number of likely N-dealkylation sites (N-methyl/N-ethyl adjacent to an activating group) is 1. The van der Waals surface area contributed by atoms with E-state index in [1.165, 1.54) is 0 Å². The molecule has 0 saturated carbocycles. The summed E-state index contributed by atoms with van der Waals surface area (Å²) in [7, 11) is 4.95. The monoisotopic (exact) mass is 268 g/mol. The van der Waals surface area contributed by atoms with Gasteiger partial charge in [-0.2, -0.15) is 0 Å². The predicted octanol–water partition coefficient (Wildman–Crippen LogP) is 1.09. The first-order chi connectivity index (χ1) is 9.12. The highest BCUT2D eigenvalue weighted by Gasteiger charge is 2.14. The normalized spacial score (nSPS) is 10.4. The molecule has 1 heterocycles. The largest absolute Gasteiger partial charge is 0.493 e. The van der Waals surface area contributed by atoms with E-state index in [9.17, 15) is 4.79 Å². The summed E-state index contributed by atoms with van der Waals surface area (Å²) in [6, 6.07) is 1.73. The van der Waals surface area contributed by atoms with Crippen LogP contribution in [0.3, 0.4) is 0 Å². The van der Waals surface area contributed by atoms with E-state index < -0.39 is 0 Å². The van der Waals surface area contributed by atoms with Crippen LogP contribution in [0.25, 0.3) is 0 Å². The molecule has 19 heavy (non-hydrogen) atoms. The first-order valence-electron chi connectivity index (χ1n) is 6.02. The van der Waals surface area contributed by atoms with Gasteiger partial charge in [-0.25, -0.2) is 0 Å². The van der Waals surface area contributed by atoms with Crippen LogP contribution in [0.15, 0.2) is 12.3 Å². The van der Waals surface area contributed by atoms with E-state index in [4.69, 9.17) is 14.2 Å². The summed E-state index contributed by atoms with van der Waals surface area (Å²) in [5, 5.41) is 0. The number of aromatic nitrogens is 1. The lowest BCUT2D eigenvalue weighted by Crippen LogP contribution is -2.27. The van der Waals surface area contributed by atoms with Gasteiger partial charge >= 0.3 is 5.97 Å². The molecule has 0 N–H and O–H groups in total. The quantitative estimate of drug-likeness (QED) is 0.690. The molecule has 0 amide bonds. The molecule has 0 unspecified atom stereocenters. The van der Waals surface area contributed by atoms with E-state index in [-0.39, 0.29) is 12.5 Å². The Hall–Kier alpha value is -1.82. The maximum atomic E-state index is 11.4. The standard InChI is InChI=1S/C13H20N2O4/c1-5-19-12(16)9-15(2)8-10-13(18-4)11(17-3)6-7-14-10/h6-7H,5,8-9H2,1-4H3. The Morgan fingerprint density at radius 1 is 1.37 bits per heavy atom. The summed E-state index contributed by atoms with van der Waals surface area (Å²) in [5.41, 5.74) is 0.716. The van der Waals surface area contributed by atoms with Crippen LogP contribution in [0.4, 0.5) is 0 Å². The number of methoxy groups -OCH3 is 2. The van der Waals surface area contributed by atoms with Crippen LogP contribution in [-0.4, -0.2) is 50.3 Å².